The predicted octanol–water partition coefficient (Wildman–Crippen LogP) is 8.34. The molecule has 0 spiro atoms. The first kappa shape index (κ1) is 31.9. The quantitative estimate of drug-likeness (QED) is 0.0940. The molecule has 7 heteroatoms. The molecule has 0 saturated carbocycles. The van der Waals surface area contributed by atoms with Crippen LogP contribution in [-0.4, -0.2) is 15.0 Å². The number of nitrogens with zero attached hydrogens (tertiary/aromatic N) is 3. The standard InChI is InChI=1S/C15H9N3S3.2C8H5.CH3.Ru/c1-4-10-16-11(5-1)20-13-7-3-9-15(18-13)21-14-8-2-6-12(17-14)19-10;2*1-2-8-6-4-3-5-7-8;;/h1-9H;2*3-7H;1H3;/q;3*-1;+3. The normalized spacial score (nSPS) is 10.3. The Bertz CT molecular complexity index is 1320. The summed E-state index contributed by atoms with van der Waals surface area (Å²) in [5.41, 5.74) is 1.65. The van der Waals surface area contributed by atoms with Crippen LogP contribution in [0.25, 0.3) is 0 Å². The number of pyridine rings is 3. The van der Waals surface area contributed by atoms with Crippen LogP contribution in [0.3, 0.4) is 0 Å². The number of benzene rings is 2. The van der Waals surface area contributed by atoms with Crippen LogP contribution < -0.4 is 0 Å². The summed E-state index contributed by atoms with van der Waals surface area (Å²) < 4.78 is 0. The van der Waals surface area contributed by atoms with Gasteiger partial charge < -0.3 is 20.3 Å². The summed E-state index contributed by atoms with van der Waals surface area (Å²) in [4.78, 5) is 14.0. The van der Waals surface area contributed by atoms with Gasteiger partial charge in [0.1, 0.15) is 30.2 Å². The molecule has 3 aromatic heterocycles. The first-order valence-electron chi connectivity index (χ1n) is 11.1. The largest absolute Gasteiger partial charge is 3.00 e. The third-order valence-corrected chi connectivity index (χ3v) is 7.18. The first-order chi connectivity index (χ1) is 18.2. The number of fused-ring (bicyclic) bond motifs is 6. The molecular weight excluding hydrogens is 624 g/mol. The SMILES string of the molecule is [C-]#Cc1ccccc1.[C-]#Cc1ccccc1.[CH3-].[Ru+3].c1cc2nc(c1)Sc1cccc(n1)Sc1cccc(n1)S2. The summed E-state index contributed by atoms with van der Waals surface area (Å²) in [7, 11) is 0. The summed E-state index contributed by atoms with van der Waals surface area (Å²) >= 11 is 4.75. The minimum Gasteiger partial charge on any atom is -0.366 e. The molecule has 1 aliphatic rings. The van der Waals surface area contributed by atoms with Gasteiger partial charge in [0.15, 0.2) is 0 Å². The molecule has 4 heterocycles. The van der Waals surface area contributed by atoms with Crippen LogP contribution in [0.1, 0.15) is 11.1 Å². The van der Waals surface area contributed by atoms with Crippen LogP contribution in [0.4, 0.5) is 0 Å². The zero-order valence-electron chi connectivity index (χ0n) is 20.9. The Hall–Kier alpha value is -3.32. The van der Waals surface area contributed by atoms with Crippen molar-refractivity contribution in [1.29, 1.82) is 0 Å². The van der Waals surface area contributed by atoms with E-state index in [9.17, 15) is 0 Å². The van der Waals surface area contributed by atoms with Crippen LogP contribution >= 0.6 is 35.3 Å². The molecule has 0 aliphatic carbocycles. The van der Waals surface area contributed by atoms with Gasteiger partial charge in [-0.15, -0.1) is 35.4 Å². The maximum atomic E-state index is 6.69. The minimum atomic E-state index is 0. The number of rotatable bonds is 0. The van der Waals surface area contributed by atoms with Gasteiger partial charge in [-0.3, -0.25) is 11.8 Å². The molecule has 5 aromatic rings. The van der Waals surface area contributed by atoms with Gasteiger partial charge in [-0.05, 0) is 36.4 Å². The molecule has 0 saturated heterocycles. The second kappa shape index (κ2) is 17.3. The third kappa shape index (κ3) is 10.8. The Morgan fingerprint density at radius 1 is 0.410 bits per heavy atom. The molecule has 39 heavy (non-hydrogen) atoms. The Morgan fingerprint density at radius 2 is 0.667 bits per heavy atom. The zero-order valence-corrected chi connectivity index (χ0v) is 25.1. The van der Waals surface area contributed by atoms with E-state index in [-0.39, 0.29) is 26.9 Å². The van der Waals surface area contributed by atoms with Gasteiger partial charge in [-0.25, -0.2) is 15.0 Å². The van der Waals surface area contributed by atoms with Crippen LogP contribution in [-0.2, 0) is 19.5 Å². The summed E-state index contributed by atoms with van der Waals surface area (Å²) in [6.07, 6.45) is 13.4. The van der Waals surface area contributed by atoms with Gasteiger partial charge in [-0.1, -0.05) is 89.9 Å². The van der Waals surface area contributed by atoms with Gasteiger partial charge in [0, 0.05) is 0 Å². The van der Waals surface area contributed by atoms with E-state index >= 15 is 0 Å². The minimum absolute atomic E-state index is 0. The Kier molecular flexibility index (Phi) is 14.2. The van der Waals surface area contributed by atoms with Crippen LogP contribution in [0.15, 0.2) is 145 Å². The fraction of sp³-hybridized carbons (Fsp3) is 0. The van der Waals surface area contributed by atoms with E-state index in [1.807, 2.05) is 115 Å². The van der Waals surface area contributed by atoms with Gasteiger partial charge in [0.2, 0.25) is 0 Å². The fourth-order valence-corrected chi connectivity index (χ4v) is 5.45. The van der Waals surface area contributed by atoms with Crippen LogP contribution in [0.2, 0.25) is 0 Å². The van der Waals surface area contributed by atoms with E-state index in [4.69, 9.17) is 12.8 Å². The zero-order chi connectivity index (χ0) is 25.7. The molecule has 1 radical (unpaired) electrons. The van der Waals surface area contributed by atoms with E-state index in [2.05, 4.69) is 26.8 Å². The average molecular weight is 646 g/mol. The Balaban J connectivity index is 0.000000247. The average Bonchev–Trinajstić information content (AvgIpc) is 2.95. The smallest absolute Gasteiger partial charge is 0.366 e. The van der Waals surface area contributed by atoms with Crippen molar-refractivity contribution < 1.29 is 19.5 Å². The summed E-state index contributed by atoms with van der Waals surface area (Å²) in [6.45, 7) is 0. The van der Waals surface area contributed by atoms with E-state index in [1.54, 1.807) is 35.3 Å². The van der Waals surface area contributed by atoms with Crippen LogP contribution in [0.5, 0.6) is 0 Å². The van der Waals surface area contributed by atoms with Gasteiger partial charge in [0.05, 0.1) is 0 Å². The number of hydrogen-bond acceptors (Lipinski definition) is 6. The predicted molar refractivity (Wildman–Crippen MR) is 157 cm³/mol. The fourth-order valence-electron chi connectivity index (χ4n) is 2.89. The molecule has 6 rings (SSSR count). The van der Waals surface area contributed by atoms with Crippen molar-refractivity contribution in [1.82, 2.24) is 15.0 Å². The number of hydrogen-bond donors (Lipinski definition) is 0. The summed E-state index contributed by atoms with van der Waals surface area (Å²) in [5.74, 6) is 4.55. The topological polar surface area (TPSA) is 38.7 Å². The van der Waals surface area contributed by atoms with Crippen LogP contribution in [0, 0.1) is 32.1 Å². The molecule has 0 atom stereocenters. The van der Waals surface area contributed by atoms with Crippen molar-refractivity contribution in [2.75, 3.05) is 0 Å². The second-order valence-corrected chi connectivity index (χ2v) is 10.4. The molecule has 0 fully saturated rings. The molecule has 0 unspecified atom stereocenters. The summed E-state index contributed by atoms with van der Waals surface area (Å²) in [5, 5.41) is 5.70. The Morgan fingerprint density at radius 3 is 0.872 bits per heavy atom. The maximum Gasteiger partial charge on any atom is 3.00 e. The van der Waals surface area contributed by atoms with Crippen molar-refractivity contribution in [3.05, 3.63) is 147 Å². The van der Waals surface area contributed by atoms with Crippen molar-refractivity contribution in [3.8, 4) is 11.8 Å². The monoisotopic (exact) mass is 646 g/mol. The number of aromatic nitrogens is 3. The Labute approximate surface area is 256 Å². The van der Waals surface area contributed by atoms with E-state index in [0.29, 0.717) is 0 Å². The van der Waals surface area contributed by atoms with E-state index < -0.39 is 0 Å². The molecule has 3 nitrogen and oxygen atoms in total. The summed E-state index contributed by atoms with van der Waals surface area (Å²) in [6, 6.07) is 36.8. The van der Waals surface area contributed by atoms with Crippen molar-refractivity contribution in [3.63, 3.8) is 0 Å². The van der Waals surface area contributed by atoms with Crippen molar-refractivity contribution in [2.45, 2.75) is 30.2 Å². The molecule has 1 aliphatic heterocycles. The van der Waals surface area contributed by atoms with E-state index in [0.717, 1.165) is 41.3 Å². The molecule has 2 aromatic carbocycles. The maximum absolute atomic E-state index is 6.69. The third-order valence-electron chi connectivity index (χ3n) is 4.56. The van der Waals surface area contributed by atoms with Crippen molar-refractivity contribution in [2.24, 2.45) is 0 Å². The van der Waals surface area contributed by atoms with Gasteiger partial charge in [-0.2, -0.15) is 0 Å². The molecule has 191 valence electrons. The molecular formula is C32H22N3RuS3. The van der Waals surface area contributed by atoms with Gasteiger partial charge >= 0.3 is 19.5 Å². The first-order valence-corrected chi connectivity index (χ1v) is 13.6. The molecule has 0 amide bonds. The molecule has 0 N–H and O–H groups in total. The van der Waals surface area contributed by atoms with Crippen molar-refractivity contribution >= 4 is 35.3 Å². The van der Waals surface area contributed by atoms with Gasteiger partial charge in [0.25, 0.3) is 0 Å². The van der Waals surface area contributed by atoms with E-state index in [1.165, 1.54) is 0 Å². The molecule has 6 bridgehead atoms. The second-order valence-electron chi connectivity index (χ2n) is 7.23.